The van der Waals surface area contributed by atoms with Gasteiger partial charge in [-0.15, -0.1) is 5.10 Å². The summed E-state index contributed by atoms with van der Waals surface area (Å²) >= 11 is 0. The van der Waals surface area contributed by atoms with Crippen LogP contribution in [0.25, 0.3) is 10.8 Å². The van der Waals surface area contributed by atoms with Crippen molar-refractivity contribution in [1.82, 2.24) is 15.2 Å². The van der Waals surface area contributed by atoms with E-state index in [0.29, 0.717) is 23.0 Å². The van der Waals surface area contributed by atoms with Crippen LogP contribution in [0.3, 0.4) is 0 Å². The minimum Gasteiger partial charge on any atom is -0.437 e. The average Bonchev–Trinajstić information content (AvgIpc) is 3.19. The summed E-state index contributed by atoms with van der Waals surface area (Å²) in [4.78, 5) is 14.9. The van der Waals surface area contributed by atoms with Crippen LogP contribution in [0, 0.1) is 0 Å². The van der Waals surface area contributed by atoms with Gasteiger partial charge in [0.05, 0.1) is 6.20 Å². The van der Waals surface area contributed by atoms with Crippen LogP contribution in [-0.4, -0.2) is 21.1 Å². The van der Waals surface area contributed by atoms with Crippen molar-refractivity contribution in [1.29, 1.82) is 0 Å². The summed E-state index contributed by atoms with van der Waals surface area (Å²) in [5.41, 5.74) is 1.18. The van der Waals surface area contributed by atoms with Crippen molar-refractivity contribution in [3.63, 3.8) is 0 Å². The third kappa shape index (κ3) is 3.18. The van der Waals surface area contributed by atoms with Crippen molar-refractivity contribution in [3.05, 3.63) is 78.8 Å². The lowest BCUT2D eigenvalue weighted by atomic mass is 10.2. The Morgan fingerprint density at radius 1 is 1.00 bits per heavy atom. The third-order valence-corrected chi connectivity index (χ3v) is 3.71. The summed E-state index contributed by atoms with van der Waals surface area (Å²) in [6, 6.07) is 18.3. The third-order valence-electron chi connectivity index (χ3n) is 3.71. The Kier molecular flexibility index (Phi) is 3.84. The van der Waals surface area contributed by atoms with Crippen LogP contribution in [0.2, 0.25) is 0 Å². The monoisotopic (exact) mass is 330 g/mol. The first-order chi connectivity index (χ1) is 12.3. The lowest BCUT2D eigenvalue weighted by molar-refractivity contribution is 0.102. The minimum absolute atomic E-state index is 0.196. The van der Waals surface area contributed by atoms with Gasteiger partial charge in [-0.05, 0) is 42.5 Å². The lowest BCUT2D eigenvalue weighted by Crippen LogP contribution is -2.11. The van der Waals surface area contributed by atoms with Gasteiger partial charge in [0, 0.05) is 22.7 Å². The molecule has 6 nitrogen and oxygen atoms in total. The molecule has 25 heavy (non-hydrogen) atoms. The highest BCUT2D eigenvalue weighted by atomic mass is 16.5. The number of hydrogen-bond acceptors (Lipinski definition) is 4. The molecule has 0 radical (unpaired) electrons. The molecular formula is C19H14N4O2. The summed E-state index contributed by atoms with van der Waals surface area (Å²) in [5, 5.41) is 12.7. The lowest BCUT2D eigenvalue weighted by Gasteiger charge is -2.08. The Morgan fingerprint density at radius 3 is 2.64 bits per heavy atom. The molecule has 0 saturated heterocycles. The molecule has 0 bridgehead atoms. The van der Waals surface area contributed by atoms with Crippen molar-refractivity contribution in [2.45, 2.75) is 0 Å². The highest BCUT2D eigenvalue weighted by Gasteiger charge is 2.08. The molecule has 2 N–H and O–H groups in total. The number of carbonyl (C=O) groups is 1. The van der Waals surface area contributed by atoms with Gasteiger partial charge < -0.3 is 15.0 Å². The number of ether oxygens (including phenoxy) is 1. The molecule has 0 aliphatic carbocycles. The Labute approximate surface area is 143 Å². The van der Waals surface area contributed by atoms with Crippen LogP contribution < -0.4 is 10.1 Å². The maximum atomic E-state index is 12.0. The van der Waals surface area contributed by atoms with Crippen LogP contribution in [-0.2, 0) is 0 Å². The number of rotatable bonds is 4. The van der Waals surface area contributed by atoms with E-state index in [-0.39, 0.29) is 5.91 Å². The molecular weight excluding hydrogens is 316 g/mol. The van der Waals surface area contributed by atoms with E-state index < -0.39 is 0 Å². The second kappa shape index (κ2) is 6.45. The molecule has 0 aliphatic rings. The standard InChI is InChI=1S/C19H14N4O2/c24-18(17-6-3-11-20-17)22-14-7-9-15(10-8-14)25-19-16-5-2-1-4-13(16)12-21-23-19/h1-12,20H,(H,22,24). The molecule has 122 valence electrons. The normalized spacial score (nSPS) is 10.6. The van der Waals surface area contributed by atoms with Crippen LogP contribution in [0.4, 0.5) is 5.69 Å². The highest BCUT2D eigenvalue weighted by molar-refractivity contribution is 6.02. The SMILES string of the molecule is O=C(Nc1ccc(Oc2nncc3ccccc23)cc1)c1ccc[nH]1. The fourth-order valence-electron chi connectivity index (χ4n) is 2.47. The van der Waals surface area contributed by atoms with E-state index in [1.807, 2.05) is 24.3 Å². The number of anilines is 1. The summed E-state index contributed by atoms with van der Waals surface area (Å²) in [6.07, 6.45) is 3.40. The second-order valence-corrected chi connectivity index (χ2v) is 5.40. The number of H-pyrrole nitrogens is 1. The van der Waals surface area contributed by atoms with Crippen LogP contribution in [0.1, 0.15) is 10.5 Å². The maximum Gasteiger partial charge on any atom is 0.272 e. The Hall–Kier alpha value is -3.67. The number of amides is 1. The van der Waals surface area contributed by atoms with E-state index in [2.05, 4.69) is 20.5 Å². The van der Waals surface area contributed by atoms with E-state index in [1.165, 1.54) is 0 Å². The molecule has 0 atom stereocenters. The van der Waals surface area contributed by atoms with Gasteiger partial charge in [0.2, 0.25) is 5.88 Å². The predicted octanol–water partition coefficient (Wildman–Crippen LogP) is 4.00. The molecule has 0 fully saturated rings. The molecule has 2 heterocycles. The predicted molar refractivity (Wildman–Crippen MR) is 94.8 cm³/mol. The zero-order chi connectivity index (χ0) is 17.1. The van der Waals surface area contributed by atoms with Crippen molar-refractivity contribution in [2.75, 3.05) is 5.32 Å². The number of aromatic nitrogens is 3. The van der Waals surface area contributed by atoms with Crippen LogP contribution in [0.15, 0.2) is 73.1 Å². The first kappa shape index (κ1) is 14.9. The highest BCUT2D eigenvalue weighted by Crippen LogP contribution is 2.27. The molecule has 0 spiro atoms. The van der Waals surface area contributed by atoms with E-state index in [1.54, 1.807) is 48.8 Å². The van der Waals surface area contributed by atoms with E-state index >= 15 is 0 Å². The molecule has 1 amide bonds. The van der Waals surface area contributed by atoms with E-state index in [0.717, 1.165) is 10.8 Å². The van der Waals surface area contributed by atoms with Crippen molar-refractivity contribution < 1.29 is 9.53 Å². The summed E-state index contributed by atoms with van der Waals surface area (Å²) in [6.45, 7) is 0. The largest absolute Gasteiger partial charge is 0.437 e. The van der Waals surface area contributed by atoms with Gasteiger partial charge in [-0.3, -0.25) is 4.79 Å². The summed E-state index contributed by atoms with van der Waals surface area (Å²) in [5.74, 6) is 0.864. The molecule has 0 saturated carbocycles. The molecule has 4 rings (SSSR count). The van der Waals surface area contributed by atoms with Crippen molar-refractivity contribution in [3.8, 4) is 11.6 Å². The summed E-state index contributed by atoms with van der Waals surface area (Å²) < 4.78 is 5.83. The zero-order valence-electron chi connectivity index (χ0n) is 13.1. The van der Waals surface area contributed by atoms with Crippen LogP contribution >= 0.6 is 0 Å². The van der Waals surface area contributed by atoms with Gasteiger partial charge in [0.1, 0.15) is 11.4 Å². The molecule has 0 unspecified atom stereocenters. The number of hydrogen-bond donors (Lipinski definition) is 2. The minimum atomic E-state index is -0.196. The summed E-state index contributed by atoms with van der Waals surface area (Å²) in [7, 11) is 0. The molecule has 6 heteroatoms. The van der Waals surface area contributed by atoms with Gasteiger partial charge in [-0.1, -0.05) is 18.2 Å². The molecule has 0 aliphatic heterocycles. The average molecular weight is 330 g/mol. The Morgan fingerprint density at radius 2 is 1.84 bits per heavy atom. The van der Waals surface area contributed by atoms with Gasteiger partial charge in [0.25, 0.3) is 5.91 Å². The zero-order valence-corrected chi connectivity index (χ0v) is 13.1. The smallest absolute Gasteiger partial charge is 0.272 e. The Bertz CT molecular complexity index is 1010. The number of benzene rings is 2. The molecule has 4 aromatic rings. The number of aromatic amines is 1. The van der Waals surface area contributed by atoms with Gasteiger partial charge in [-0.2, -0.15) is 5.10 Å². The molecule has 2 aromatic carbocycles. The van der Waals surface area contributed by atoms with Crippen molar-refractivity contribution >= 4 is 22.4 Å². The molecule has 2 aromatic heterocycles. The van der Waals surface area contributed by atoms with Gasteiger partial charge in [-0.25, -0.2) is 0 Å². The quantitative estimate of drug-likeness (QED) is 0.592. The van der Waals surface area contributed by atoms with Gasteiger partial charge >= 0.3 is 0 Å². The fourth-order valence-corrected chi connectivity index (χ4v) is 2.47. The topological polar surface area (TPSA) is 79.9 Å². The van der Waals surface area contributed by atoms with E-state index in [4.69, 9.17) is 4.74 Å². The van der Waals surface area contributed by atoms with Crippen LogP contribution in [0.5, 0.6) is 11.6 Å². The Balaban J connectivity index is 1.51. The fraction of sp³-hybridized carbons (Fsp3) is 0. The number of nitrogens with zero attached hydrogens (tertiary/aromatic N) is 2. The van der Waals surface area contributed by atoms with Crippen molar-refractivity contribution in [2.24, 2.45) is 0 Å². The van der Waals surface area contributed by atoms with E-state index in [9.17, 15) is 4.79 Å². The van der Waals surface area contributed by atoms with Gasteiger partial charge in [0.15, 0.2) is 0 Å². The second-order valence-electron chi connectivity index (χ2n) is 5.40. The first-order valence-electron chi connectivity index (χ1n) is 7.73. The first-order valence-corrected chi connectivity index (χ1v) is 7.73. The maximum absolute atomic E-state index is 12.0. The number of carbonyl (C=O) groups excluding carboxylic acids is 1. The number of fused-ring (bicyclic) bond motifs is 1. The number of nitrogens with one attached hydrogen (secondary N) is 2.